The second-order valence-electron chi connectivity index (χ2n) is 5.21. The molecule has 1 aliphatic carbocycles. The fourth-order valence-corrected chi connectivity index (χ4v) is 2.37. The summed E-state index contributed by atoms with van der Waals surface area (Å²) in [6.07, 6.45) is -2.66. The molecule has 2 rings (SSSR count). The molecular weight excluding hydrogens is 277 g/mol. The van der Waals surface area contributed by atoms with Crippen LogP contribution >= 0.6 is 0 Å². The van der Waals surface area contributed by atoms with Gasteiger partial charge in [-0.2, -0.15) is 13.2 Å². The van der Waals surface area contributed by atoms with Crippen molar-refractivity contribution < 1.29 is 27.5 Å². The maximum absolute atomic E-state index is 12.0. The van der Waals surface area contributed by atoms with Crippen molar-refractivity contribution in [1.82, 2.24) is 10.2 Å². The standard InChI is InChI=1S/C12H17F3N2O3/c1-7-11(19)17(4-5-20-6-12(13,14)15)9(8-2-3-8)10(18)16-7/h7-9H,2-6H2,1H3,(H,16,18). The maximum Gasteiger partial charge on any atom is 0.411 e. The van der Waals surface area contributed by atoms with E-state index in [1.807, 2.05) is 0 Å². The quantitative estimate of drug-likeness (QED) is 0.759. The van der Waals surface area contributed by atoms with Crippen LogP contribution in [0.2, 0.25) is 0 Å². The minimum absolute atomic E-state index is 0.00778. The Kier molecular flexibility index (Phi) is 4.22. The summed E-state index contributed by atoms with van der Waals surface area (Å²) in [5.41, 5.74) is 0. The molecule has 1 N–H and O–H groups in total. The molecule has 1 saturated carbocycles. The molecule has 0 bridgehead atoms. The average molecular weight is 294 g/mol. The van der Waals surface area contributed by atoms with E-state index in [4.69, 9.17) is 0 Å². The Hall–Kier alpha value is -1.31. The van der Waals surface area contributed by atoms with Crippen molar-refractivity contribution in [2.24, 2.45) is 5.92 Å². The summed E-state index contributed by atoms with van der Waals surface area (Å²) >= 11 is 0. The number of alkyl halides is 3. The van der Waals surface area contributed by atoms with Crippen molar-refractivity contribution in [2.45, 2.75) is 38.0 Å². The fourth-order valence-electron chi connectivity index (χ4n) is 2.37. The first kappa shape index (κ1) is 15.1. The van der Waals surface area contributed by atoms with Gasteiger partial charge >= 0.3 is 6.18 Å². The van der Waals surface area contributed by atoms with Gasteiger partial charge in [-0.15, -0.1) is 0 Å². The topological polar surface area (TPSA) is 58.6 Å². The summed E-state index contributed by atoms with van der Waals surface area (Å²) in [4.78, 5) is 25.3. The highest BCUT2D eigenvalue weighted by molar-refractivity contribution is 5.97. The third-order valence-electron chi connectivity index (χ3n) is 3.43. The van der Waals surface area contributed by atoms with Crippen LogP contribution in [0.5, 0.6) is 0 Å². The maximum atomic E-state index is 12.0. The predicted octanol–water partition coefficient (Wildman–Crippen LogP) is 0.691. The van der Waals surface area contributed by atoms with Crippen LogP contribution in [0.25, 0.3) is 0 Å². The summed E-state index contributed by atoms with van der Waals surface area (Å²) < 4.78 is 40.4. The molecule has 0 aromatic carbocycles. The van der Waals surface area contributed by atoms with E-state index in [1.165, 1.54) is 4.90 Å². The van der Waals surface area contributed by atoms with Gasteiger partial charge in [0.1, 0.15) is 18.7 Å². The van der Waals surface area contributed by atoms with E-state index in [0.717, 1.165) is 12.8 Å². The summed E-state index contributed by atoms with van der Waals surface area (Å²) in [6, 6.07) is -1.20. The van der Waals surface area contributed by atoms with Gasteiger partial charge in [-0.05, 0) is 25.7 Å². The van der Waals surface area contributed by atoms with Crippen LogP contribution in [0.4, 0.5) is 13.2 Å². The molecule has 20 heavy (non-hydrogen) atoms. The van der Waals surface area contributed by atoms with E-state index < -0.39 is 24.9 Å². The number of rotatable bonds is 5. The zero-order valence-electron chi connectivity index (χ0n) is 11.1. The highest BCUT2D eigenvalue weighted by Gasteiger charge is 2.46. The van der Waals surface area contributed by atoms with Gasteiger partial charge in [0.15, 0.2) is 0 Å². The fraction of sp³-hybridized carbons (Fsp3) is 0.833. The van der Waals surface area contributed by atoms with Gasteiger partial charge in [-0.25, -0.2) is 0 Å². The van der Waals surface area contributed by atoms with Crippen molar-refractivity contribution in [3.05, 3.63) is 0 Å². The number of nitrogens with zero attached hydrogens (tertiary/aromatic N) is 1. The monoisotopic (exact) mass is 294 g/mol. The SMILES string of the molecule is CC1NC(=O)C(C2CC2)N(CCOCC(F)(F)F)C1=O. The van der Waals surface area contributed by atoms with Gasteiger partial charge in [-0.1, -0.05) is 0 Å². The highest BCUT2D eigenvalue weighted by Crippen LogP contribution is 2.36. The molecule has 5 nitrogen and oxygen atoms in total. The van der Waals surface area contributed by atoms with Crippen molar-refractivity contribution in [2.75, 3.05) is 19.8 Å². The van der Waals surface area contributed by atoms with E-state index >= 15 is 0 Å². The summed E-state index contributed by atoms with van der Waals surface area (Å²) in [5, 5.41) is 2.59. The van der Waals surface area contributed by atoms with Gasteiger partial charge in [0.25, 0.3) is 0 Å². The van der Waals surface area contributed by atoms with Gasteiger partial charge in [0, 0.05) is 6.54 Å². The lowest BCUT2D eigenvalue weighted by molar-refractivity contribution is -0.176. The van der Waals surface area contributed by atoms with Crippen LogP contribution in [-0.2, 0) is 14.3 Å². The minimum Gasteiger partial charge on any atom is -0.370 e. The summed E-state index contributed by atoms with van der Waals surface area (Å²) in [6.45, 7) is 0.000107. The lowest BCUT2D eigenvalue weighted by atomic mass is 10.0. The first-order valence-electron chi connectivity index (χ1n) is 6.55. The van der Waals surface area contributed by atoms with E-state index in [9.17, 15) is 22.8 Å². The smallest absolute Gasteiger partial charge is 0.370 e. The second kappa shape index (κ2) is 5.59. The highest BCUT2D eigenvalue weighted by atomic mass is 19.4. The Morgan fingerprint density at radius 1 is 1.35 bits per heavy atom. The average Bonchev–Trinajstić information content (AvgIpc) is 3.13. The Bertz CT molecular complexity index is 396. The van der Waals surface area contributed by atoms with Crippen molar-refractivity contribution >= 4 is 11.8 Å². The number of carbonyl (C=O) groups excluding carboxylic acids is 2. The lowest BCUT2D eigenvalue weighted by Crippen LogP contribution is -2.63. The van der Waals surface area contributed by atoms with Crippen LogP contribution in [0, 0.1) is 5.92 Å². The zero-order valence-corrected chi connectivity index (χ0v) is 11.1. The van der Waals surface area contributed by atoms with Crippen LogP contribution in [-0.4, -0.2) is 54.7 Å². The number of amides is 2. The van der Waals surface area contributed by atoms with E-state index in [1.54, 1.807) is 6.92 Å². The van der Waals surface area contributed by atoms with Crippen LogP contribution in [0.1, 0.15) is 19.8 Å². The number of piperazine rings is 1. The van der Waals surface area contributed by atoms with Crippen molar-refractivity contribution in [3.8, 4) is 0 Å². The van der Waals surface area contributed by atoms with Crippen LogP contribution < -0.4 is 5.32 Å². The third-order valence-corrected chi connectivity index (χ3v) is 3.43. The first-order chi connectivity index (χ1) is 9.29. The molecule has 2 fully saturated rings. The molecule has 0 aromatic heterocycles. The third kappa shape index (κ3) is 3.62. The van der Waals surface area contributed by atoms with Crippen LogP contribution in [0.15, 0.2) is 0 Å². The number of carbonyl (C=O) groups is 2. The Balaban J connectivity index is 1.91. The van der Waals surface area contributed by atoms with Gasteiger partial charge in [0.2, 0.25) is 11.8 Å². The molecule has 0 radical (unpaired) electrons. The number of hydrogen-bond acceptors (Lipinski definition) is 3. The normalized spacial score (nSPS) is 27.7. The lowest BCUT2D eigenvalue weighted by Gasteiger charge is -2.38. The molecule has 2 aliphatic rings. The first-order valence-corrected chi connectivity index (χ1v) is 6.55. The minimum atomic E-state index is -4.38. The largest absolute Gasteiger partial charge is 0.411 e. The molecule has 1 heterocycles. The molecule has 1 aliphatic heterocycles. The molecule has 0 spiro atoms. The molecular formula is C12H17F3N2O3. The van der Waals surface area contributed by atoms with Crippen LogP contribution in [0.3, 0.4) is 0 Å². The molecule has 114 valence electrons. The van der Waals surface area contributed by atoms with E-state index in [-0.39, 0.29) is 30.9 Å². The molecule has 2 unspecified atom stereocenters. The summed E-state index contributed by atoms with van der Waals surface area (Å²) in [5.74, 6) is -0.374. The molecule has 1 saturated heterocycles. The number of ether oxygens (including phenoxy) is 1. The van der Waals surface area contributed by atoms with Gasteiger partial charge < -0.3 is 15.0 Å². The second-order valence-corrected chi connectivity index (χ2v) is 5.21. The van der Waals surface area contributed by atoms with Crippen molar-refractivity contribution in [3.63, 3.8) is 0 Å². The van der Waals surface area contributed by atoms with E-state index in [2.05, 4.69) is 10.1 Å². The molecule has 2 amide bonds. The predicted molar refractivity (Wildman–Crippen MR) is 62.7 cm³/mol. The van der Waals surface area contributed by atoms with Gasteiger partial charge in [-0.3, -0.25) is 9.59 Å². The number of nitrogens with one attached hydrogen (secondary N) is 1. The Morgan fingerprint density at radius 3 is 2.55 bits per heavy atom. The molecule has 2 atom stereocenters. The molecule has 0 aromatic rings. The number of hydrogen-bond donors (Lipinski definition) is 1. The zero-order chi connectivity index (χ0) is 14.9. The summed E-state index contributed by atoms with van der Waals surface area (Å²) in [7, 11) is 0. The van der Waals surface area contributed by atoms with Gasteiger partial charge in [0.05, 0.1) is 6.61 Å². The molecule has 8 heteroatoms. The van der Waals surface area contributed by atoms with E-state index in [0.29, 0.717) is 0 Å². The number of halogens is 3. The Labute approximate surface area is 114 Å². The van der Waals surface area contributed by atoms with Crippen molar-refractivity contribution in [1.29, 1.82) is 0 Å². The Morgan fingerprint density at radius 2 is 2.00 bits per heavy atom.